The summed E-state index contributed by atoms with van der Waals surface area (Å²) in [6.07, 6.45) is 1.66. The summed E-state index contributed by atoms with van der Waals surface area (Å²) in [7, 11) is 0. The lowest BCUT2D eigenvalue weighted by Crippen LogP contribution is -2.58. The molecule has 2 rings (SSSR count). The molecule has 0 atom stereocenters. The number of hydrogen-bond donors (Lipinski definition) is 0. The standard InChI is InChI=1S/C14H19BrN2O2/c1-13(2)8-17(9-14(3,4)19-13)12(18)10-6-5-7-16-11(10)15/h5-7H,8-9H2,1-4H3. The van der Waals surface area contributed by atoms with Crippen molar-refractivity contribution in [3.05, 3.63) is 28.5 Å². The summed E-state index contributed by atoms with van der Waals surface area (Å²) in [5, 5.41) is 0. The minimum Gasteiger partial charge on any atom is -0.366 e. The minimum atomic E-state index is -0.341. The molecule has 0 bridgehead atoms. The zero-order valence-electron chi connectivity index (χ0n) is 11.7. The maximum absolute atomic E-state index is 12.6. The third kappa shape index (κ3) is 3.34. The Bertz CT molecular complexity index is 484. The van der Waals surface area contributed by atoms with E-state index in [0.717, 1.165) is 0 Å². The Labute approximate surface area is 122 Å². The molecule has 0 aromatic carbocycles. The van der Waals surface area contributed by atoms with Crippen molar-refractivity contribution in [1.29, 1.82) is 0 Å². The number of carbonyl (C=O) groups is 1. The summed E-state index contributed by atoms with van der Waals surface area (Å²) >= 11 is 3.33. The number of carbonyl (C=O) groups excluding carboxylic acids is 1. The first-order chi connectivity index (χ1) is 8.70. The maximum Gasteiger partial charge on any atom is 0.256 e. The second-order valence-electron chi connectivity index (χ2n) is 6.12. The van der Waals surface area contributed by atoms with Crippen LogP contribution in [0, 0.1) is 0 Å². The Morgan fingerprint density at radius 3 is 2.42 bits per heavy atom. The Balaban J connectivity index is 2.27. The number of rotatable bonds is 1. The molecule has 104 valence electrons. The first kappa shape index (κ1) is 14.5. The van der Waals surface area contributed by atoms with Crippen LogP contribution in [0.5, 0.6) is 0 Å². The van der Waals surface area contributed by atoms with Crippen molar-refractivity contribution in [3.63, 3.8) is 0 Å². The van der Waals surface area contributed by atoms with Crippen LogP contribution < -0.4 is 0 Å². The SMILES string of the molecule is CC1(C)CN(C(=O)c2cccnc2Br)CC(C)(C)O1. The van der Waals surface area contributed by atoms with Gasteiger partial charge in [-0.05, 0) is 55.8 Å². The number of hydrogen-bond acceptors (Lipinski definition) is 3. The molecule has 0 aliphatic carbocycles. The molecule has 0 unspecified atom stereocenters. The highest BCUT2D eigenvalue weighted by Crippen LogP contribution is 2.29. The van der Waals surface area contributed by atoms with Crippen molar-refractivity contribution in [2.24, 2.45) is 0 Å². The van der Waals surface area contributed by atoms with Crippen molar-refractivity contribution >= 4 is 21.8 Å². The van der Waals surface area contributed by atoms with E-state index in [1.807, 2.05) is 32.6 Å². The predicted molar refractivity (Wildman–Crippen MR) is 77.1 cm³/mol. The van der Waals surface area contributed by atoms with Crippen molar-refractivity contribution in [2.75, 3.05) is 13.1 Å². The lowest BCUT2D eigenvalue weighted by molar-refractivity contribution is -0.171. The van der Waals surface area contributed by atoms with E-state index in [2.05, 4.69) is 20.9 Å². The van der Waals surface area contributed by atoms with Crippen LogP contribution in [0.15, 0.2) is 22.9 Å². The number of aromatic nitrogens is 1. The lowest BCUT2D eigenvalue weighted by Gasteiger charge is -2.47. The summed E-state index contributed by atoms with van der Waals surface area (Å²) in [5.74, 6) is -0.00979. The molecule has 0 N–H and O–H groups in total. The van der Waals surface area contributed by atoms with E-state index < -0.39 is 0 Å². The van der Waals surface area contributed by atoms with Crippen LogP contribution in [0.25, 0.3) is 0 Å². The largest absolute Gasteiger partial charge is 0.366 e. The zero-order valence-corrected chi connectivity index (χ0v) is 13.3. The van der Waals surface area contributed by atoms with Crippen LogP contribution in [-0.2, 0) is 4.74 Å². The molecule has 1 amide bonds. The van der Waals surface area contributed by atoms with Gasteiger partial charge in [-0.15, -0.1) is 0 Å². The fourth-order valence-corrected chi connectivity index (χ4v) is 3.07. The first-order valence-electron chi connectivity index (χ1n) is 6.30. The van der Waals surface area contributed by atoms with E-state index in [4.69, 9.17) is 4.74 Å². The minimum absolute atomic E-state index is 0.00979. The van der Waals surface area contributed by atoms with Gasteiger partial charge in [0.25, 0.3) is 5.91 Å². The van der Waals surface area contributed by atoms with E-state index in [1.54, 1.807) is 18.3 Å². The molecule has 1 fully saturated rings. The molecule has 4 nitrogen and oxygen atoms in total. The van der Waals surface area contributed by atoms with Gasteiger partial charge < -0.3 is 9.64 Å². The van der Waals surface area contributed by atoms with Crippen molar-refractivity contribution in [1.82, 2.24) is 9.88 Å². The molecule has 5 heteroatoms. The first-order valence-corrected chi connectivity index (χ1v) is 7.09. The number of halogens is 1. The Kier molecular flexibility index (Phi) is 3.71. The summed E-state index contributed by atoms with van der Waals surface area (Å²) in [6, 6.07) is 3.56. The number of amides is 1. The Morgan fingerprint density at radius 1 is 1.32 bits per heavy atom. The van der Waals surface area contributed by atoms with Gasteiger partial charge in [0.05, 0.1) is 16.8 Å². The number of pyridine rings is 1. The third-order valence-electron chi connectivity index (χ3n) is 2.97. The van der Waals surface area contributed by atoms with Gasteiger partial charge in [-0.1, -0.05) is 0 Å². The maximum atomic E-state index is 12.6. The summed E-state index contributed by atoms with van der Waals surface area (Å²) in [6.45, 7) is 9.19. The Morgan fingerprint density at radius 2 is 1.89 bits per heavy atom. The molecule has 0 radical (unpaired) electrons. The summed E-state index contributed by atoms with van der Waals surface area (Å²) in [5.41, 5.74) is -0.0888. The number of nitrogens with zero attached hydrogens (tertiary/aromatic N) is 2. The summed E-state index contributed by atoms with van der Waals surface area (Å²) in [4.78, 5) is 18.5. The van der Waals surface area contributed by atoms with Gasteiger partial charge in [-0.2, -0.15) is 0 Å². The molecule has 0 saturated carbocycles. The second kappa shape index (κ2) is 4.87. The molecule has 0 spiro atoms. The molecular formula is C14H19BrN2O2. The molecule has 2 heterocycles. The van der Waals surface area contributed by atoms with Gasteiger partial charge in [0.2, 0.25) is 0 Å². The van der Waals surface area contributed by atoms with E-state index >= 15 is 0 Å². The average molecular weight is 327 g/mol. The van der Waals surface area contributed by atoms with Crippen molar-refractivity contribution in [2.45, 2.75) is 38.9 Å². The highest BCUT2D eigenvalue weighted by molar-refractivity contribution is 9.10. The van der Waals surface area contributed by atoms with Gasteiger partial charge in [0, 0.05) is 19.3 Å². The third-order valence-corrected chi connectivity index (χ3v) is 3.60. The molecule has 1 aromatic heterocycles. The monoisotopic (exact) mass is 326 g/mol. The van der Waals surface area contributed by atoms with E-state index in [9.17, 15) is 4.79 Å². The normalized spacial score (nSPS) is 21.2. The van der Waals surface area contributed by atoms with Gasteiger partial charge in [0.1, 0.15) is 4.60 Å². The van der Waals surface area contributed by atoms with E-state index in [-0.39, 0.29) is 17.1 Å². The van der Waals surface area contributed by atoms with Gasteiger partial charge >= 0.3 is 0 Å². The van der Waals surface area contributed by atoms with E-state index in [0.29, 0.717) is 23.3 Å². The van der Waals surface area contributed by atoms with Gasteiger partial charge in [0.15, 0.2) is 0 Å². The van der Waals surface area contributed by atoms with E-state index in [1.165, 1.54) is 0 Å². The summed E-state index contributed by atoms with van der Waals surface area (Å²) < 4.78 is 6.57. The topological polar surface area (TPSA) is 42.4 Å². The van der Waals surface area contributed by atoms with Crippen LogP contribution >= 0.6 is 15.9 Å². The van der Waals surface area contributed by atoms with Crippen LogP contribution in [0.2, 0.25) is 0 Å². The average Bonchev–Trinajstić information content (AvgIpc) is 2.24. The molecule has 1 aliphatic rings. The zero-order chi connectivity index (χ0) is 14.3. The molecular weight excluding hydrogens is 308 g/mol. The molecule has 1 saturated heterocycles. The quantitative estimate of drug-likeness (QED) is 0.745. The number of morpholine rings is 1. The Hall–Kier alpha value is -0.940. The molecule has 19 heavy (non-hydrogen) atoms. The van der Waals surface area contributed by atoms with Crippen LogP contribution in [0.1, 0.15) is 38.1 Å². The highest BCUT2D eigenvalue weighted by atomic mass is 79.9. The number of ether oxygens (including phenoxy) is 1. The second-order valence-corrected chi connectivity index (χ2v) is 6.88. The predicted octanol–water partition coefficient (Wildman–Crippen LogP) is 2.87. The fourth-order valence-electron chi connectivity index (χ4n) is 2.65. The smallest absolute Gasteiger partial charge is 0.256 e. The lowest BCUT2D eigenvalue weighted by atomic mass is 9.98. The van der Waals surface area contributed by atoms with Crippen LogP contribution in [-0.4, -0.2) is 40.1 Å². The molecule has 1 aromatic rings. The van der Waals surface area contributed by atoms with Crippen LogP contribution in [0.4, 0.5) is 0 Å². The van der Waals surface area contributed by atoms with Gasteiger partial charge in [-0.3, -0.25) is 4.79 Å². The fraction of sp³-hybridized carbons (Fsp3) is 0.571. The van der Waals surface area contributed by atoms with Gasteiger partial charge in [-0.25, -0.2) is 4.98 Å². The van der Waals surface area contributed by atoms with Crippen LogP contribution in [0.3, 0.4) is 0 Å². The highest BCUT2D eigenvalue weighted by Gasteiger charge is 2.40. The molecule has 1 aliphatic heterocycles. The van der Waals surface area contributed by atoms with Crippen molar-refractivity contribution in [3.8, 4) is 0 Å². The van der Waals surface area contributed by atoms with Crippen molar-refractivity contribution < 1.29 is 9.53 Å².